The van der Waals surface area contributed by atoms with E-state index in [0.717, 1.165) is 22.3 Å². The molecule has 4 rings (SSSR count). The SMILES string of the molecule is COc1cc(C=Cc2ccccc2)ccc1OC(=O)c1ccc(-c2ccccc2)cc1. The lowest BCUT2D eigenvalue weighted by molar-refractivity contribution is 0.0729. The van der Waals surface area contributed by atoms with Crippen LogP contribution in [0.2, 0.25) is 0 Å². The zero-order valence-corrected chi connectivity index (χ0v) is 17.2. The predicted octanol–water partition coefficient (Wildman–Crippen LogP) is 6.75. The van der Waals surface area contributed by atoms with E-state index in [1.165, 1.54) is 0 Å². The Hall–Kier alpha value is -4.11. The van der Waals surface area contributed by atoms with Gasteiger partial charge in [0.15, 0.2) is 11.5 Å². The molecule has 0 heterocycles. The van der Waals surface area contributed by atoms with Crippen LogP contribution in [0.5, 0.6) is 11.5 Å². The van der Waals surface area contributed by atoms with Crippen molar-refractivity contribution in [3.05, 3.63) is 120 Å². The first-order chi connectivity index (χ1) is 15.2. The molecule has 0 amide bonds. The average Bonchev–Trinajstić information content (AvgIpc) is 2.84. The minimum absolute atomic E-state index is 0.386. The van der Waals surface area contributed by atoms with Crippen molar-refractivity contribution in [2.45, 2.75) is 0 Å². The van der Waals surface area contributed by atoms with Crippen molar-refractivity contribution in [3.8, 4) is 22.6 Å². The first-order valence-electron chi connectivity index (χ1n) is 10.0. The fourth-order valence-electron chi connectivity index (χ4n) is 3.22. The van der Waals surface area contributed by atoms with Crippen LogP contribution in [0.4, 0.5) is 0 Å². The second kappa shape index (κ2) is 9.59. The van der Waals surface area contributed by atoms with Crippen LogP contribution in [-0.4, -0.2) is 13.1 Å². The number of hydrogen-bond acceptors (Lipinski definition) is 3. The van der Waals surface area contributed by atoms with E-state index in [2.05, 4.69) is 0 Å². The molecule has 3 heteroatoms. The van der Waals surface area contributed by atoms with E-state index in [9.17, 15) is 4.79 Å². The molecule has 4 aromatic carbocycles. The summed E-state index contributed by atoms with van der Waals surface area (Å²) in [6.45, 7) is 0. The molecule has 31 heavy (non-hydrogen) atoms. The second-order valence-electron chi connectivity index (χ2n) is 6.99. The Morgan fingerprint density at radius 2 is 1.26 bits per heavy atom. The van der Waals surface area contributed by atoms with Crippen LogP contribution in [0.3, 0.4) is 0 Å². The normalized spacial score (nSPS) is 10.7. The van der Waals surface area contributed by atoms with E-state index >= 15 is 0 Å². The highest BCUT2D eigenvalue weighted by atomic mass is 16.6. The second-order valence-corrected chi connectivity index (χ2v) is 6.99. The van der Waals surface area contributed by atoms with Crippen LogP contribution in [0, 0.1) is 0 Å². The van der Waals surface area contributed by atoms with Crippen molar-refractivity contribution in [2.24, 2.45) is 0 Å². The molecule has 0 N–H and O–H groups in total. The average molecular weight is 406 g/mol. The minimum Gasteiger partial charge on any atom is -0.493 e. The summed E-state index contributed by atoms with van der Waals surface area (Å²) >= 11 is 0. The van der Waals surface area contributed by atoms with Crippen molar-refractivity contribution < 1.29 is 14.3 Å². The highest BCUT2D eigenvalue weighted by molar-refractivity contribution is 5.92. The Morgan fingerprint density at radius 1 is 0.645 bits per heavy atom. The number of hydrogen-bond donors (Lipinski definition) is 0. The number of rotatable bonds is 6. The van der Waals surface area contributed by atoms with Gasteiger partial charge in [-0.2, -0.15) is 0 Å². The molecule has 0 atom stereocenters. The summed E-state index contributed by atoms with van der Waals surface area (Å²) in [7, 11) is 1.56. The van der Waals surface area contributed by atoms with Gasteiger partial charge in [0.25, 0.3) is 0 Å². The molecule has 0 aliphatic carbocycles. The van der Waals surface area contributed by atoms with Crippen LogP contribution in [0.1, 0.15) is 21.5 Å². The lowest BCUT2D eigenvalue weighted by Gasteiger charge is -2.10. The van der Waals surface area contributed by atoms with Crippen molar-refractivity contribution in [1.82, 2.24) is 0 Å². The summed E-state index contributed by atoms with van der Waals surface area (Å²) < 4.78 is 11.0. The molecule has 3 nitrogen and oxygen atoms in total. The first kappa shape index (κ1) is 20.2. The van der Waals surface area contributed by atoms with Crippen LogP contribution in [-0.2, 0) is 0 Å². The van der Waals surface area contributed by atoms with E-state index in [4.69, 9.17) is 9.47 Å². The molecular weight excluding hydrogens is 384 g/mol. The summed E-state index contributed by atoms with van der Waals surface area (Å²) in [6, 6.07) is 32.9. The maximum absolute atomic E-state index is 12.6. The van der Waals surface area contributed by atoms with Crippen LogP contribution < -0.4 is 9.47 Å². The number of benzene rings is 4. The number of methoxy groups -OCH3 is 1. The standard InChI is InChI=1S/C28H22O3/c1-30-27-20-22(13-12-21-8-4-2-5-9-21)14-19-26(27)31-28(29)25-17-15-24(16-18-25)23-10-6-3-7-11-23/h2-20H,1H3. The molecule has 0 spiro atoms. The molecular formula is C28H22O3. The fraction of sp³-hybridized carbons (Fsp3) is 0.0357. The Bertz CT molecular complexity index is 1180. The molecule has 0 fully saturated rings. The van der Waals surface area contributed by atoms with Gasteiger partial charge in [-0.1, -0.05) is 91.0 Å². The van der Waals surface area contributed by atoms with Gasteiger partial charge in [-0.3, -0.25) is 0 Å². The van der Waals surface area contributed by atoms with Crippen molar-refractivity contribution in [1.29, 1.82) is 0 Å². The summed E-state index contributed by atoms with van der Waals surface area (Å²) in [5.74, 6) is 0.464. The first-order valence-corrected chi connectivity index (χ1v) is 10.0. The zero-order valence-electron chi connectivity index (χ0n) is 17.2. The Morgan fingerprint density at radius 3 is 1.94 bits per heavy atom. The summed E-state index contributed by atoms with van der Waals surface area (Å²) in [5, 5.41) is 0. The molecule has 0 aromatic heterocycles. The molecule has 0 aliphatic heterocycles. The summed E-state index contributed by atoms with van der Waals surface area (Å²) in [5.41, 5.74) is 4.69. The smallest absolute Gasteiger partial charge is 0.343 e. The highest BCUT2D eigenvalue weighted by Gasteiger charge is 2.13. The van der Waals surface area contributed by atoms with E-state index < -0.39 is 5.97 Å². The lowest BCUT2D eigenvalue weighted by atomic mass is 10.0. The van der Waals surface area contributed by atoms with Crippen LogP contribution >= 0.6 is 0 Å². The molecule has 0 saturated carbocycles. The van der Waals surface area contributed by atoms with E-state index in [0.29, 0.717) is 17.1 Å². The highest BCUT2D eigenvalue weighted by Crippen LogP contribution is 2.30. The van der Waals surface area contributed by atoms with Gasteiger partial charge >= 0.3 is 5.97 Å². The molecule has 0 aliphatic rings. The van der Waals surface area contributed by atoms with Crippen molar-refractivity contribution in [3.63, 3.8) is 0 Å². The van der Waals surface area contributed by atoms with Gasteiger partial charge in [-0.25, -0.2) is 4.79 Å². The molecule has 0 radical (unpaired) electrons. The Balaban J connectivity index is 1.48. The van der Waals surface area contributed by atoms with Gasteiger partial charge in [0, 0.05) is 0 Å². The molecule has 0 bridgehead atoms. The van der Waals surface area contributed by atoms with Gasteiger partial charge in [-0.05, 0) is 46.5 Å². The van der Waals surface area contributed by atoms with Crippen molar-refractivity contribution in [2.75, 3.05) is 7.11 Å². The number of esters is 1. The predicted molar refractivity (Wildman–Crippen MR) is 125 cm³/mol. The van der Waals surface area contributed by atoms with Gasteiger partial charge in [0.05, 0.1) is 12.7 Å². The maximum Gasteiger partial charge on any atom is 0.343 e. The fourth-order valence-corrected chi connectivity index (χ4v) is 3.22. The van der Waals surface area contributed by atoms with E-state index in [1.807, 2.05) is 97.1 Å². The van der Waals surface area contributed by atoms with Gasteiger partial charge in [-0.15, -0.1) is 0 Å². The third kappa shape index (κ3) is 5.09. The topological polar surface area (TPSA) is 35.5 Å². The van der Waals surface area contributed by atoms with E-state index in [-0.39, 0.29) is 0 Å². The maximum atomic E-state index is 12.6. The summed E-state index contributed by atoms with van der Waals surface area (Å²) in [6.07, 6.45) is 4.01. The quantitative estimate of drug-likeness (QED) is 0.202. The number of carbonyl (C=O) groups excluding carboxylic acids is 1. The van der Waals surface area contributed by atoms with Gasteiger partial charge in [0.2, 0.25) is 0 Å². The monoisotopic (exact) mass is 406 g/mol. The molecule has 0 unspecified atom stereocenters. The zero-order chi connectivity index (χ0) is 21.5. The number of ether oxygens (including phenoxy) is 2. The molecule has 0 saturated heterocycles. The van der Waals surface area contributed by atoms with Crippen LogP contribution in [0.25, 0.3) is 23.3 Å². The Labute approximate surface area is 182 Å². The van der Waals surface area contributed by atoms with Crippen LogP contribution in [0.15, 0.2) is 103 Å². The minimum atomic E-state index is -0.425. The number of carbonyl (C=O) groups is 1. The molecule has 4 aromatic rings. The summed E-state index contributed by atoms with van der Waals surface area (Å²) in [4.78, 5) is 12.6. The third-order valence-corrected chi connectivity index (χ3v) is 4.89. The largest absolute Gasteiger partial charge is 0.493 e. The molecule has 152 valence electrons. The Kier molecular flexibility index (Phi) is 6.24. The van der Waals surface area contributed by atoms with Gasteiger partial charge < -0.3 is 9.47 Å². The van der Waals surface area contributed by atoms with Gasteiger partial charge in [0.1, 0.15) is 0 Å². The van der Waals surface area contributed by atoms with Crippen molar-refractivity contribution >= 4 is 18.1 Å². The third-order valence-electron chi connectivity index (χ3n) is 4.89. The van der Waals surface area contributed by atoms with E-state index in [1.54, 1.807) is 25.3 Å². The lowest BCUT2D eigenvalue weighted by Crippen LogP contribution is -2.09.